The lowest BCUT2D eigenvalue weighted by molar-refractivity contribution is -0.0573. The highest BCUT2D eigenvalue weighted by Crippen LogP contribution is 2.34. The van der Waals surface area contributed by atoms with E-state index in [0.717, 1.165) is 23.6 Å². The molecule has 0 spiro atoms. The van der Waals surface area contributed by atoms with Gasteiger partial charge in [-0.05, 0) is 39.7 Å². The molecular weight excluding hydrogens is 306 g/mol. The van der Waals surface area contributed by atoms with Gasteiger partial charge in [-0.1, -0.05) is 12.1 Å². The van der Waals surface area contributed by atoms with Gasteiger partial charge in [0.15, 0.2) is 11.5 Å². The van der Waals surface area contributed by atoms with Crippen LogP contribution in [-0.2, 0) is 11.3 Å². The van der Waals surface area contributed by atoms with E-state index in [0.29, 0.717) is 19.2 Å². The van der Waals surface area contributed by atoms with E-state index in [2.05, 4.69) is 11.0 Å². The molecular formula is C19H31NO4. The fourth-order valence-corrected chi connectivity index (χ4v) is 2.75. The van der Waals surface area contributed by atoms with Crippen LogP contribution in [0, 0.1) is 0 Å². The first-order chi connectivity index (χ1) is 11.3. The third-order valence-corrected chi connectivity index (χ3v) is 4.08. The molecule has 0 unspecified atom stereocenters. The van der Waals surface area contributed by atoms with Gasteiger partial charge in [-0.2, -0.15) is 0 Å². The Morgan fingerprint density at radius 2 is 1.92 bits per heavy atom. The van der Waals surface area contributed by atoms with Crippen molar-refractivity contribution in [3.05, 3.63) is 23.8 Å². The van der Waals surface area contributed by atoms with Crippen LogP contribution in [0.2, 0.25) is 0 Å². The third-order valence-electron chi connectivity index (χ3n) is 4.08. The summed E-state index contributed by atoms with van der Waals surface area (Å²) < 4.78 is 16.6. The van der Waals surface area contributed by atoms with Gasteiger partial charge in [0.2, 0.25) is 0 Å². The molecule has 0 bridgehead atoms. The van der Waals surface area contributed by atoms with Crippen LogP contribution in [-0.4, -0.2) is 55.1 Å². The fourth-order valence-electron chi connectivity index (χ4n) is 2.75. The largest absolute Gasteiger partial charge is 0.493 e. The molecule has 1 saturated carbocycles. The Balaban J connectivity index is 2.02. The van der Waals surface area contributed by atoms with Crippen molar-refractivity contribution in [1.29, 1.82) is 0 Å². The van der Waals surface area contributed by atoms with E-state index in [9.17, 15) is 5.11 Å². The van der Waals surface area contributed by atoms with Gasteiger partial charge in [-0.15, -0.1) is 0 Å². The standard InChI is InChI=1S/C19H31NO4/c1-19(2,3)24-13-16(21)12-20(15-9-10-15)11-14-7-6-8-17(22-4)18(14)23-5/h6-8,15-16,21H,9-13H2,1-5H3/t16-/m0/s1. The summed E-state index contributed by atoms with van der Waals surface area (Å²) in [5.41, 5.74) is 0.842. The Labute approximate surface area is 145 Å². The summed E-state index contributed by atoms with van der Waals surface area (Å²) in [5.74, 6) is 1.51. The van der Waals surface area contributed by atoms with Crippen molar-refractivity contribution in [2.75, 3.05) is 27.4 Å². The predicted molar refractivity (Wildman–Crippen MR) is 94.7 cm³/mol. The summed E-state index contributed by atoms with van der Waals surface area (Å²) in [6.45, 7) is 7.68. The van der Waals surface area contributed by atoms with Gasteiger partial charge in [0.1, 0.15) is 0 Å². The molecule has 0 saturated heterocycles. The summed E-state index contributed by atoms with van der Waals surface area (Å²) in [6.07, 6.45) is 1.86. The number of para-hydroxylation sites is 1. The molecule has 136 valence electrons. The van der Waals surface area contributed by atoms with Gasteiger partial charge < -0.3 is 19.3 Å². The molecule has 1 atom stereocenters. The molecule has 1 aromatic carbocycles. The van der Waals surface area contributed by atoms with E-state index in [1.807, 2.05) is 32.9 Å². The van der Waals surface area contributed by atoms with E-state index in [4.69, 9.17) is 14.2 Å². The number of hydrogen-bond acceptors (Lipinski definition) is 5. The number of benzene rings is 1. The summed E-state index contributed by atoms with van der Waals surface area (Å²) in [6, 6.07) is 6.45. The van der Waals surface area contributed by atoms with Crippen LogP contribution in [0.1, 0.15) is 39.2 Å². The number of hydrogen-bond donors (Lipinski definition) is 1. The Hall–Kier alpha value is -1.30. The molecule has 1 fully saturated rings. The summed E-state index contributed by atoms with van der Waals surface area (Å²) in [5, 5.41) is 10.3. The van der Waals surface area contributed by atoms with Crippen molar-refractivity contribution in [2.24, 2.45) is 0 Å². The minimum absolute atomic E-state index is 0.235. The zero-order chi connectivity index (χ0) is 17.7. The number of aliphatic hydroxyl groups excluding tert-OH is 1. The topological polar surface area (TPSA) is 51.2 Å². The van der Waals surface area contributed by atoms with Crippen LogP contribution in [0.25, 0.3) is 0 Å². The van der Waals surface area contributed by atoms with E-state index in [-0.39, 0.29) is 5.60 Å². The first-order valence-corrected chi connectivity index (χ1v) is 8.60. The highest BCUT2D eigenvalue weighted by Gasteiger charge is 2.31. The predicted octanol–water partition coefficient (Wildman–Crippen LogP) is 2.84. The second-order valence-electron chi connectivity index (χ2n) is 7.39. The van der Waals surface area contributed by atoms with Gasteiger partial charge in [0.05, 0.1) is 32.5 Å². The van der Waals surface area contributed by atoms with Crippen LogP contribution in [0.3, 0.4) is 0 Å². The molecule has 2 rings (SSSR count). The molecule has 0 heterocycles. The van der Waals surface area contributed by atoms with Gasteiger partial charge >= 0.3 is 0 Å². The highest BCUT2D eigenvalue weighted by molar-refractivity contribution is 5.46. The second kappa shape index (κ2) is 8.19. The highest BCUT2D eigenvalue weighted by atomic mass is 16.5. The molecule has 0 amide bonds. The summed E-state index contributed by atoms with van der Waals surface area (Å²) >= 11 is 0. The molecule has 1 aromatic rings. The van der Waals surface area contributed by atoms with Crippen molar-refractivity contribution in [3.8, 4) is 11.5 Å². The van der Waals surface area contributed by atoms with E-state index in [1.54, 1.807) is 14.2 Å². The lowest BCUT2D eigenvalue weighted by atomic mass is 10.1. The number of aliphatic hydroxyl groups is 1. The van der Waals surface area contributed by atoms with Crippen molar-refractivity contribution in [3.63, 3.8) is 0 Å². The minimum atomic E-state index is -0.499. The first-order valence-electron chi connectivity index (χ1n) is 8.60. The van der Waals surface area contributed by atoms with Gasteiger partial charge in [-0.25, -0.2) is 0 Å². The average molecular weight is 337 g/mol. The Bertz CT molecular complexity index is 523. The smallest absolute Gasteiger partial charge is 0.165 e. The monoisotopic (exact) mass is 337 g/mol. The minimum Gasteiger partial charge on any atom is -0.493 e. The van der Waals surface area contributed by atoms with Crippen LogP contribution >= 0.6 is 0 Å². The summed E-state index contributed by atoms with van der Waals surface area (Å²) in [7, 11) is 3.31. The maximum atomic E-state index is 10.3. The molecule has 0 aromatic heterocycles. The van der Waals surface area contributed by atoms with Crippen LogP contribution < -0.4 is 9.47 Å². The molecule has 0 radical (unpaired) electrons. The normalized spacial score (nSPS) is 16.3. The quantitative estimate of drug-likeness (QED) is 0.751. The van der Waals surface area contributed by atoms with Gasteiger partial charge in [-0.3, -0.25) is 4.90 Å². The van der Waals surface area contributed by atoms with Crippen LogP contribution in [0.4, 0.5) is 0 Å². The average Bonchev–Trinajstić information content (AvgIpc) is 3.36. The lowest BCUT2D eigenvalue weighted by Crippen LogP contribution is -2.37. The SMILES string of the molecule is COc1cccc(CN(C[C@H](O)COC(C)(C)C)C2CC2)c1OC. The molecule has 5 heteroatoms. The number of rotatable bonds is 9. The van der Waals surface area contributed by atoms with E-state index in [1.165, 1.54) is 12.8 Å². The van der Waals surface area contributed by atoms with E-state index < -0.39 is 6.10 Å². The Morgan fingerprint density at radius 1 is 1.21 bits per heavy atom. The van der Waals surface area contributed by atoms with Crippen LogP contribution in [0.15, 0.2) is 18.2 Å². The Kier molecular flexibility index (Phi) is 6.49. The van der Waals surface area contributed by atoms with Gasteiger partial charge in [0, 0.05) is 24.7 Å². The molecule has 1 aliphatic carbocycles. The number of methoxy groups -OCH3 is 2. The maximum Gasteiger partial charge on any atom is 0.165 e. The fraction of sp³-hybridized carbons (Fsp3) is 0.684. The van der Waals surface area contributed by atoms with Crippen LogP contribution in [0.5, 0.6) is 11.5 Å². The van der Waals surface area contributed by atoms with Gasteiger partial charge in [0.25, 0.3) is 0 Å². The molecule has 0 aliphatic heterocycles. The molecule has 1 N–H and O–H groups in total. The number of nitrogens with zero attached hydrogens (tertiary/aromatic N) is 1. The van der Waals surface area contributed by atoms with Crippen molar-refractivity contribution < 1.29 is 19.3 Å². The molecule has 24 heavy (non-hydrogen) atoms. The third kappa shape index (κ3) is 5.65. The molecule has 5 nitrogen and oxygen atoms in total. The van der Waals surface area contributed by atoms with Crippen molar-refractivity contribution in [1.82, 2.24) is 4.90 Å². The van der Waals surface area contributed by atoms with Crippen molar-refractivity contribution >= 4 is 0 Å². The maximum absolute atomic E-state index is 10.3. The first kappa shape index (κ1) is 19.0. The Morgan fingerprint density at radius 3 is 2.46 bits per heavy atom. The zero-order valence-electron chi connectivity index (χ0n) is 15.5. The van der Waals surface area contributed by atoms with E-state index >= 15 is 0 Å². The molecule has 1 aliphatic rings. The lowest BCUT2D eigenvalue weighted by Gasteiger charge is -2.28. The second-order valence-corrected chi connectivity index (χ2v) is 7.39. The summed E-state index contributed by atoms with van der Waals surface area (Å²) in [4.78, 5) is 2.31. The zero-order valence-corrected chi connectivity index (χ0v) is 15.5. The van der Waals surface area contributed by atoms with Crippen molar-refractivity contribution in [2.45, 2.75) is 57.9 Å². The number of ether oxygens (including phenoxy) is 3.